The number of carbonyl (C=O) groups is 1. The summed E-state index contributed by atoms with van der Waals surface area (Å²) in [6, 6.07) is 9.50. The first-order valence-electron chi connectivity index (χ1n) is 7.54. The number of aliphatic hydroxyl groups is 1. The van der Waals surface area contributed by atoms with Crippen molar-refractivity contribution in [3.63, 3.8) is 0 Å². The Balaban J connectivity index is 2.48. The van der Waals surface area contributed by atoms with Gasteiger partial charge in [-0.25, -0.2) is 4.79 Å². The van der Waals surface area contributed by atoms with Crippen LogP contribution in [0.25, 0.3) is 0 Å². The van der Waals surface area contributed by atoms with Gasteiger partial charge in [0.1, 0.15) is 5.60 Å². The summed E-state index contributed by atoms with van der Waals surface area (Å²) in [7, 11) is 0. The lowest BCUT2D eigenvalue weighted by molar-refractivity contribution is 0.0341. The molecule has 0 bridgehead atoms. The first-order valence-corrected chi connectivity index (χ1v) is 7.54. The van der Waals surface area contributed by atoms with Crippen LogP contribution in [0.3, 0.4) is 0 Å². The van der Waals surface area contributed by atoms with E-state index >= 15 is 0 Å². The molecule has 5 heteroatoms. The summed E-state index contributed by atoms with van der Waals surface area (Å²) in [6.07, 6.45) is -0.499. The van der Waals surface area contributed by atoms with E-state index in [0.29, 0.717) is 13.2 Å². The summed E-state index contributed by atoms with van der Waals surface area (Å²) in [5.74, 6) is -0.122. The number of ether oxygens (including phenoxy) is 2. The molecule has 0 spiro atoms. The number of rotatable bonds is 7. The zero-order valence-corrected chi connectivity index (χ0v) is 13.8. The van der Waals surface area contributed by atoms with Gasteiger partial charge < -0.3 is 19.9 Å². The lowest BCUT2D eigenvalue weighted by Crippen LogP contribution is -2.45. The van der Waals surface area contributed by atoms with Crippen LogP contribution in [0.4, 0.5) is 4.79 Å². The fourth-order valence-electron chi connectivity index (χ4n) is 1.81. The molecule has 1 rings (SSSR count). The zero-order valence-electron chi connectivity index (χ0n) is 13.8. The number of benzene rings is 1. The molecule has 0 saturated heterocycles. The first kappa shape index (κ1) is 18.5. The van der Waals surface area contributed by atoms with Crippen LogP contribution in [0.2, 0.25) is 0 Å². The van der Waals surface area contributed by atoms with E-state index in [1.165, 1.54) is 0 Å². The van der Waals surface area contributed by atoms with Crippen molar-refractivity contribution in [3.8, 4) is 0 Å². The van der Waals surface area contributed by atoms with Gasteiger partial charge in [-0.05, 0) is 26.3 Å². The number of hydrogen-bond acceptors (Lipinski definition) is 4. The topological polar surface area (TPSA) is 67.8 Å². The number of hydrogen-bond donors (Lipinski definition) is 2. The maximum Gasteiger partial charge on any atom is 0.407 e. The SMILES string of the molecule is C[C@@H](CO)[C@H](COCc1ccccc1)NC(=O)OC(C)(C)C. The Bertz CT molecular complexity index is 442. The Morgan fingerprint density at radius 1 is 1.27 bits per heavy atom. The van der Waals surface area contributed by atoms with Gasteiger partial charge in [0.25, 0.3) is 0 Å². The molecule has 0 aromatic heterocycles. The minimum absolute atomic E-state index is 0.0326. The monoisotopic (exact) mass is 309 g/mol. The molecule has 0 aliphatic heterocycles. The van der Waals surface area contributed by atoms with Crippen molar-refractivity contribution in [1.29, 1.82) is 0 Å². The largest absolute Gasteiger partial charge is 0.444 e. The van der Waals surface area contributed by atoms with E-state index in [2.05, 4.69) is 5.32 Å². The second-order valence-electron chi connectivity index (χ2n) is 6.41. The fraction of sp³-hybridized carbons (Fsp3) is 0.588. The van der Waals surface area contributed by atoms with Crippen molar-refractivity contribution in [1.82, 2.24) is 5.32 Å². The molecule has 1 aromatic carbocycles. The summed E-state index contributed by atoms with van der Waals surface area (Å²) in [5, 5.41) is 12.1. The summed E-state index contributed by atoms with van der Waals surface area (Å²) in [5.41, 5.74) is 0.511. The third-order valence-electron chi connectivity index (χ3n) is 3.09. The molecule has 22 heavy (non-hydrogen) atoms. The molecule has 2 atom stereocenters. The zero-order chi connectivity index (χ0) is 16.6. The van der Waals surface area contributed by atoms with Gasteiger partial charge in [0, 0.05) is 12.5 Å². The quantitative estimate of drug-likeness (QED) is 0.812. The van der Waals surface area contributed by atoms with E-state index in [9.17, 15) is 9.90 Å². The molecule has 124 valence electrons. The minimum atomic E-state index is -0.554. The van der Waals surface area contributed by atoms with E-state index in [1.54, 1.807) is 0 Å². The van der Waals surface area contributed by atoms with Gasteiger partial charge >= 0.3 is 6.09 Å². The summed E-state index contributed by atoms with van der Waals surface area (Å²) >= 11 is 0. The second kappa shape index (κ2) is 8.76. The lowest BCUT2D eigenvalue weighted by Gasteiger charge is -2.26. The minimum Gasteiger partial charge on any atom is -0.444 e. The highest BCUT2D eigenvalue weighted by atomic mass is 16.6. The highest BCUT2D eigenvalue weighted by Crippen LogP contribution is 2.10. The van der Waals surface area contributed by atoms with Gasteiger partial charge in [-0.3, -0.25) is 0 Å². The van der Waals surface area contributed by atoms with Crippen LogP contribution in [0.1, 0.15) is 33.3 Å². The van der Waals surface area contributed by atoms with Crippen LogP contribution < -0.4 is 5.32 Å². The Morgan fingerprint density at radius 2 is 1.91 bits per heavy atom. The molecule has 1 amide bonds. The van der Waals surface area contributed by atoms with E-state index in [-0.39, 0.29) is 18.6 Å². The average Bonchev–Trinajstić information content (AvgIpc) is 2.44. The summed E-state index contributed by atoms with van der Waals surface area (Å²) in [4.78, 5) is 11.9. The van der Waals surface area contributed by atoms with Crippen LogP contribution in [-0.2, 0) is 16.1 Å². The molecular formula is C17H27NO4. The van der Waals surface area contributed by atoms with Crippen LogP contribution in [0, 0.1) is 5.92 Å². The van der Waals surface area contributed by atoms with Gasteiger partial charge in [0.2, 0.25) is 0 Å². The van der Waals surface area contributed by atoms with Crippen LogP contribution in [0.15, 0.2) is 30.3 Å². The highest BCUT2D eigenvalue weighted by molar-refractivity contribution is 5.68. The Kier molecular flexibility index (Phi) is 7.35. The molecule has 0 aliphatic carbocycles. The van der Waals surface area contributed by atoms with Crippen molar-refractivity contribution in [2.75, 3.05) is 13.2 Å². The Hall–Kier alpha value is -1.59. The molecular weight excluding hydrogens is 282 g/mol. The highest BCUT2D eigenvalue weighted by Gasteiger charge is 2.23. The molecule has 2 N–H and O–H groups in total. The molecule has 5 nitrogen and oxygen atoms in total. The molecule has 0 fully saturated rings. The third-order valence-corrected chi connectivity index (χ3v) is 3.09. The Labute approximate surface area is 132 Å². The number of aliphatic hydroxyl groups excluding tert-OH is 1. The van der Waals surface area contributed by atoms with Gasteiger partial charge in [0.05, 0.1) is 19.3 Å². The van der Waals surface area contributed by atoms with Crippen LogP contribution >= 0.6 is 0 Å². The van der Waals surface area contributed by atoms with E-state index in [4.69, 9.17) is 9.47 Å². The molecule has 0 heterocycles. The van der Waals surface area contributed by atoms with Crippen molar-refractivity contribution < 1.29 is 19.4 Å². The molecule has 0 aliphatic rings. The molecule has 0 radical (unpaired) electrons. The predicted molar refractivity (Wildman–Crippen MR) is 85.5 cm³/mol. The molecule has 1 aromatic rings. The molecule has 0 saturated carbocycles. The smallest absolute Gasteiger partial charge is 0.407 e. The molecule has 0 unspecified atom stereocenters. The number of nitrogens with one attached hydrogen (secondary N) is 1. The number of alkyl carbamates (subject to hydrolysis) is 1. The Morgan fingerprint density at radius 3 is 2.45 bits per heavy atom. The summed E-state index contributed by atoms with van der Waals surface area (Å²) < 4.78 is 10.9. The maximum atomic E-state index is 11.9. The standard InChI is InChI=1S/C17H27NO4/c1-13(10-19)15(18-16(20)22-17(2,3)4)12-21-11-14-8-6-5-7-9-14/h5-9,13,15,19H,10-12H2,1-4H3,(H,18,20)/t13-,15-/m0/s1. The predicted octanol–water partition coefficient (Wildman–Crippen LogP) is 2.72. The summed E-state index contributed by atoms with van der Waals surface area (Å²) in [6.45, 7) is 8.03. The third kappa shape index (κ3) is 7.43. The second-order valence-corrected chi connectivity index (χ2v) is 6.41. The lowest BCUT2D eigenvalue weighted by atomic mass is 10.0. The maximum absolute atomic E-state index is 11.9. The van der Waals surface area contributed by atoms with E-state index < -0.39 is 11.7 Å². The van der Waals surface area contributed by atoms with Gasteiger partial charge in [-0.2, -0.15) is 0 Å². The van der Waals surface area contributed by atoms with E-state index in [0.717, 1.165) is 5.56 Å². The van der Waals surface area contributed by atoms with Crippen molar-refractivity contribution >= 4 is 6.09 Å². The number of amides is 1. The van der Waals surface area contributed by atoms with Crippen LogP contribution in [0.5, 0.6) is 0 Å². The van der Waals surface area contributed by atoms with Crippen molar-refractivity contribution in [2.24, 2.45) is 5.92 Å². The van der Waals surface area contributed by atoms with Crippen LogP contribution in [-0.4, -0.2) is 36.1 Å². The van der Waals surface area contributed by atoms with Crippen molar-refractivity contribution in [3.05, 3.63) is 35.9 Å². The van der Waals surface area contributed by atoms with E-state index in [1.807, 2.05) is 58.0 Å². The van der Waals surface area contributed by atoms with Gasteiger partial charge in [-0.1, -0.05) is 37.3 Å². The average molecular weight is 309 g/mol. The normalized spacial score (nSPS) is 14.2. The van der Waals surface area contributed by atoms with Crippen molar-refractivity contribution in [2.45, 2.75) is 45.9 Å². The first-order chi connectivity index (χ1) is 10.3. The van der Waals surface area contributed by atoms with Gasteiger partial charge in [0.15, 0.2) is 0 Å². The number of carbonyl (C=O) groups excluding carboxylic acids is 1. The van der Waals surface area contributed by atoms with Gasteiger partial charge in [-0.15, -0.1) is 0 Å². The fourth-order valence-corrected chi connectivity index (χ4v) is 1.81.